The van der Waals surface area contributed by atoms with Crippen molar-refractivity contribution < 1.29 is 47.5 Å². The van der Waals surface area contributed by atoms with Gasteiger partial charge in [-0.15, -0.1) is 0 Å². The Balaban J connectivity index is 0. The largest absolute Gasteiger partial charge is 0.466 e. The van der Waals surface area contributed by atoms with Gasteiger partial charge in [0.15, 0.2) is 18.0 Å². The van der Waals surface area contributed by atoms with Gasteiger partial charge in [-0.1, -0.05) is 27.7 Å². The first-order chi connectivity index (χ1) is 18.5. The normalized spacial score (nSPS) is 12.4. The van der Waals surface area contributed by atoms with Crippen LogP contribution < -0.4 is 0 Å². The van der Waals surface area contributed by atoms with E-state index in [2.05, 4.69) is 0 Å². The van der Waals surface area contributed by atoms with Gasteiger partial charge in [0.25, 0.3) is 0 Å². The average Bonchev–Trinajstić information content (AvgIpc) is 2.86. The fraction of sp³-hybridized carbons (Fsp3) is 0.897. The van der Waals surface area contributed by atoms with Gasteiger partial charge >= 0.3 is 17.9 Å². The fourth-order valence-electron chi connectivity index (χ4n) is 3.93. The van der Waals surface area contributed by atoms with Gasteiger partial charge < -0.3 is 33.2 Å². The molecule has 0 aromatic carbocycles. The van der Waals surface area contributed by atoms with Crippen molar-refractivity contribution in [2.45, 2.75) is 102 Å². The molecule has 0 saturated heterocycles. The molecule has 0 fully saturated rings. The molecule has 0 bridgehead atoms. The second-order valence-corrected chi connectivity index (χ2v) is 9.29. The van der Waals surface area contributed by atoms with Crippen LogP contribution in [0.15, 0.2) is 0 Å². The van der Waals surface area contributed by atoms with E-state index >= 15 is 0 Å². The van der Waals surface area contributed by atoms with Crippen molar-refractivity contribution in [1.29, 1.82) is 0 Å². The van der Waals surface area contributed by atoms with Crippen molar-refractivity contribution >= 4 is 17.9 Å². The lowest BCUT2D eigenvalue weighted by Crippen LogP contribution is -2.49. The van der Waals surface area contributed by atoms with Crippen LogP contribution in [-0.2, 0) is 47.5 Å². The Kier molecular flexibility index (Phi) is 23.2. The summed E-state index contributed by atoms with van der Waals surface area (Å²) >= 11 is 0. The molecular formula is C29H56O10. The van der Waals surface area contributed by atoms with Crippen molar-refractivity contribution in [3.05, 3.63) is 0 Å². The molecule has 0 radical (unpaired) electrons. The minimum absolute atomic E-state index is 0.0734. The molecule has 0 aliphatic carbocycles. The lowest BCUT2D eigenvalue weighted by molar-refractivity contribution is -0.196. The van der Waals surface area contributed by atoms with Crippen LogP contribution >= 0.6 is 0 Å². The van der Waals surface area contributed by atoms with Crippen LogP contribution in [0.5, 0.6) is 0 Å². The molecule has 39 heavy (non-hydrogen) atoms. The minimum Gasteiger partial charge on any atom is -0.466 e. The zero-order chi connectivity index (χ0) is 30.4. The Hall–Kier alpha value is -1.75. The van der Waals surface area contributed by atoms with E-state index in [0.29, 0.717) is 39.5 Å². The Bertz CT molecular complexity index is 620. The van der Waals surface area contributed by atoms with Gasteiger partial charge in [-0.3, -0.25) is 14.4 Å². The molecule has 0 amide bonds. The van der Waals surface area contributed by atoms with Crippen LogP contribution in [0.4, 0.5) is 0 Å². The van der Waals surface area contributed by atoms with E-state index in [1.54, 1.807) is 27.7 Å². The van der Waals surface area contributed by atoms with E-state index in [-0.39, 0.29) is 49.6 Å². The molecule has 0 saturated carbocycles. The van der Waals surface area contributed by atoms with Crippen LogP contribution in [-0.4, -0.2) is 76.7 Å². The summed E-state index contributed by atoms with van der Waals surface area (Å²) in [6.07, 6.45) is -0.352. The van der Waals surface area contributed by atoms with Gasteiger partial charge in [-0.25, -0.2) is 0 Å². The molecule has 10 heteroatoms. The molecule has 1 atom stereocenters. The summed E-state index contributed by atoms with van der Waals surface area (Å²) in [4.78, 5) is 36.9. The smallest absolute Gasteiger partial charge is 0.323 e. The Morgan fingerprint density at radius 1 is 0.564 bits per heavy atom. The molecule has 0 N–H and O–H groups in total. The van der Waals surface area contributed by atoms with Crippen molar-refractivity contribution in [1.82, 2.24) is 0 Å². The third-order valence-corrected chi connectivity index (χ3v) is 6.00. The molecule has 0 spiro atoms. The van der Waals surface area contributed by atoms with Crippen LogP contribution in [0, 0.1) is 23.2 Å². The maximum atomic E-state index is 12.5. The third kappa shape index (κ3) is 14.4. The predicted molar refractivity (Wildman–Crippen MR) is 149 cm³/mol. The highest BCUT2D eigenvalue weighted by Gasteiger charge is 2.53. The highest BCUT2D eigenvalue weighted by atomic mass is 16.7. The van der Waals surface area contributed by atoms with E-state index in [0.717, 1.165) is 0 Å². The number of ether oxygens (including phenoxy) is 7. The fourth-order valence-corrected chi connectivity index (χ4v) is 3.93. The predicted octanol–water partition coefficient (Wildman–Crippen LogP) is 5.16. The quantitative estimate of drug-likeness (QED) is 0.0850. The number of hydrogen-bond donors (Lipinski definition) is 0. The summed E-state index contributed by atoms with van der Waals surface area (Å²) in [5.74, 6) is -1.60. The highest BCUT2D eigenvalue weighted by molar-refractivity contribution is 6.00. The molecule has 1 unspecified atom stereocenters. The Morgan fingerprint density at radius 2 is 0.949 bits per heavy atom. The highest BCUT2D eigenvalue weighted by Crippen LogP contribution is 2.37. The topological polar surface area (TPSA) is 116 Å². The van der Waals surface area contributed by atoms with Crippen LogP contribution in [0.2, 0.25) is 0 Å². The Labute approximate surface area is 236 Å². The number of carbonyl (C=O) groups excluding carboxylic acids is 3. The van der Waals surface area contributed by atoms with Crippen LogP contribution in [0.1, 0.15) is 89.0 Å². The van der Waals surface area contributed by atoms with E-state index in [9.17, 15) is 14.4 Å². The maximum absolute atomic E-state index is 12.5. The van der Waals surface area contributed by atoms with E-state index in [1.165, 1.54) is 0 Å². The molecule has 10 nitrogen and oxygen atoms in total. The van der Waals surface area contributed by atoms with E-state index in [1.807, 2.05) is 48.5 Å². The van der Waals surface area contributed by atoms with E-state index < -0.39 is 23.6 Å². The van der Waals surface area contributed by atoms with Crippen molar-refractivity contribution in [2.24, 2.45) is 23.2 Å². The zero-order valence-electron chi connectivity index (χ0n) is 26.3. The third-order valence-electron chi connectivity index (χ3n) is 6.00. The minimum atomic E-state index is -1.43. The summed E-state index contributed by atoms with van der Waals surface area (Å²) in [5.41, 5.74) is -1.43. The van der Waals surface area contributed by atoms with Crippen molar-refractivity contribution in [3.8, 4) is 0 Å². The summed E-state index contributed by atoms with van der Waals surface area (Å²) < 4.78 is 37.3. The lowest BCUT2D eigenvalue weighted by atomic mass is 9.74. The monoisotopic (exact) mass is 564 g/mol. The zero-order valence-corrected chi connectivity index (χ0v) is 26.3. The van der Waals surface area contributed by atoms with Gasteiger partial charge in [0.1, 0.15) is 0 Å². The molecule has 0 aliphatic rings. The first-order valence-corrected chi connectivity index (χ1v) is 14.4. The first-order valence-electron chi connectivity index (χ1n) is 14.4. The van der Waals surface area contributed by atoms with Crippen LogP contribution in [0.25, 0.3) is 0 Å². The summed E-state index contributed by atoms with van der Waals surface area (Å²) in [5, 5.41) is 0. The van der Waals surface area contributed by atoms with Gasteiger partial charge in [0.05, 0.1) is 25.7 Å². The number of hydrogen-bond acceptors (Lipinski definition) is 10. The van der Waals surface area contributed by atoms with Gasteiger partial charge in [-0.2, -0.15) is 0 Å². The second-order valence-electron chi connectivity index (χ2n) is 9.29. The second kappa shape index (κ2) is 23.0. The maximum Gasteiger partial charge on any atom is 0.323 e. The van der Waals surface area contributed by atoms with Crippen molar-refractivity contribution in [2.75, 3.05) is 46.2 Å². The molecule has 232 valence electrons. The number of carbonyl (C=O) groups is 3. The molecule has 0 aliphatic heterocycles. The average molecular weight is 565 g/mol. The van der Waals surface area contributed by atoms with Gasteiger partial charge in [0, 0.05) is 39.3 Å². The van der Waals surface area contributed by atoms with Crippen molar-refractivity contribution in [3.63, 3.8) is 0 Å². The summed E-state index contributed by atoms with van der Waals surface area (Å²) in [6.45, 7) is 23.1. The Morgan fingerprint density at radius 3 is 1.26 bits per heavy atom. The summed E-state index contributed by atoms with van der Waals surface area (Å²) in [7, 11) is 0. The first kappa shape index (κ1) is 39.4. The van der Waals surface area contributed by atoms with Gasteiger partial charge in [-0.05, 0) is 60.3 Å². The molecule has 0 aromatic heterocycles. The molecule has 0 rings (SSSR count). The number of esters is 3. The molecule has 0 aromatic rings. The number of rotatable bonds is 20. The van der Waals surface area contributed by atoms with E-state index in [4.69, 9.17) is 33.2 Å². The molecular weight excluding hydrogens is 508 g/mol. The standard InChI is InChI=1S/C16H30O6.C13H26O4/c1-7-19-13(20-8-2)11-16(12(5)6,14(17)21-9-3)15(18)22-10-4;1-6-15-12(16-7-2)9-11(10(4)5)13(14)17-8-3/h12-13H,7-11H2,1-6H3;10-12H,6-9H2,1-5H3. The van der Waals surface area contributed by atoms with Crippen LogP contribution in [0.3, 0.4) is 0 Å². The molecule has 0 heterocycles. The SMILES string of the molecule is CCOC(=O)C(CC(OCC)OCC)(C(=O)OCC)C(C)C.CCOC(=O)C(CC(OCC)OCC)C(C)C. The summed E-state index contributed by atoms with van der Waals surface area (Å²) in [6, 6.07) is 0. The lowest BCUT2D eigenvalue weighted by Gasteiger charge is -2.35. The van der Waals surface area contributed by atoms with Gasteiger partial charge in [0.2, 0.25) is 0 Å².